The minimum atomic E-state index is -0.842. The lowest BCUT2D eigenvalue weighted by molar-refractivity contribution is -0.112. The number of hydrogen-bond acceptors (Lipinski definition) is 5. The Hall–Kier alpha value is -2.90. The van der Waals surface area contributed by atoms with Crippen LogP contribution in [-0.2, 0) is 10.4 Å². The summed E-state index contributed by atoms with van der Waals surface area (Å²) in [6.45, 7) is 0. The fourth-order valence-corrected chi connectivity index (χ4v) is 5.55. The molecule has 0 heterocycles. The number of nitrogens with one attached hydrogen (secondary N) is 3. The predicted molar refractivity (Wildman–Crippen MR) is 127 cm³/mol. The normalized spacial score (nSPS) is 27.0. The van der Waals surface area contributed by atoms with Crippen molar-refractivity contribution in [2.75, 3.05) is 12.4 Å². The van der Waals surface area contributed by atoms with Crippen LogP contribution in [0.1, 0.15) is 31.2 Å². The van der Waals surface area contributed by atoms with Gasteiger partial charge in [-0.25, -0.2) is 4.39 Å². The highest BCUT2D eigenvalue weighted by Gasteiger charge is 2.50. The Morgan fingerprint density at radius 1 is 1.18 bits per heavy atom. The van der Waals surface area contributed by atoms with Gasteiger partial charge in [0.15, 0.2) is 0 Å². The summed E-state index contributed by atoms with van der Waals surface area (Å²) >= 11 is 5.82. The molecule has 0 bridgehead atoms. The Morgan fingerprint density at radius 2 is 1.82 bits per heavy atom. The minimum Gasteiger partial charge on any atom is -0.385 e. The van der Waals surface area contributed by atoms with Crippen molar-refractivity contribution in [3.05, 3.63) is 76.3 Å². The predicted octanol–water partition coefficient (Wildman–Crippen LogP) is 4.15. The van der Waals surface area contributed by atoms with E-state index >= 15 is 0 Å². The summed E-state index contributed by atoms with van der Waals surface area (Å²) in [6, 6.07) is 13.6. The van der Waals surface area contributed by atoms with Crippen molar-refractivity contribution in [3.8, 4) is 0 Å². The number of fused-ring (bicyclic) bond motifs is 1. The van der Waals surface area contributed by atoms with E-state index < -0.39 is 17.3 Å². The van der Waals surface area contributed by atoms with Gasteiger partial charge in [0.1, 0.15) is 17.2 Å². The Bertz CT molecular complexity index is 1090. The average molecular weight is 471 g/mol. The summed E-state index contributed by atoms with van der Waals surface area (Å²) in [6.07, 6.45) is 2.72. The summed E-state index contributed by atoms with van der Waals surface area (Å²) in [5.41, 5.74) is 6.72. The zero-order valence-electron chi connectivity index (χ0n) is 18.4. The SMILES string of the molecule is CN/C(N)=C(\C(=N)C1CC2CC(O)(c3ccccc3)CC2C1)C(=O)Nc1ccc(F)c(Cl)c1. The molecule has 2 aromatic carbocycles. The highest BCUT2D eigenvalue weighted by atomic mass is 35.5. The smallest absolute Gasteiger partial charge is 0.261 e. The lowest BCUT2D eigenvalue weighted by atomic mass is 9.86. The van der Waals surface area contributed by atoms with Gasteiger partial charge in [0.05, 0.1) is 16.3 Å². The van der Waals surface area contributed by atoms with E-state index in [2.05, 4.69) is 10.6 Å². The molecule has 174 valence electrons. The number of carbonyl (C=O) groups excluding carboxylic acids is 1. The second kappa shape index (κ2) is 9.15. The number of benzene rings is 2. The fourth-order valence-electron chi connectivity index (χ4n) is 5.37. The van der Waals surface area contributed by atoms with Gasteiger partial charge in [0.2, 0.25) is 0 Å². The number of nitrogens with two attached hydrogens (primary N) is 1. The highest BCUT2D eigenvalue weighted by Crippen LogP contribution is 2.54. The van der Waals surface area contributed by atoms with Gasteiger partial charge in [-0.1, -0.05) is 41.9 Å². The zero-order valence-corrected chi connectivity index (χ0v) is 19.1. The maximum Gasteiger partial charge on any atom is 0.261 e. The lowest BCUT2D eigenvalue weighted by Crippen LogP contribution is -2.32. The van der Waals surface area contributed by atoms with Crippen molar-refractivity contribution in [2.24, 2.45) is 23.5 Å². The van der Waals surface area contributed by atoms with Crippen molar-refractivity contribution >= 4 is 28.9 Å². The first-order chi connectivity index (χ1) is 15.7. The maximum atomic E-state index is 13.4. The summed E-state index contributed by atoms with van der Waals surface area (Å²) in [7, 11) is 1.59. The quantitative estimate of drug-likeness (QED) is 0.322. The molecule has 6 N–H and O–H groups in total. The molecule has 0 aliphatic heterocycles. The number of anilines is 1. The molecular weight excluding hydrogens is 443 g/mol. The molecule has 33 heavy (non-hydrogen) atoms. The number of hydrogen-bond donors (Lipinski definition) is 5. The zero-order chi connectivity index (χ0) is 23.8. The van der Waals surface area contributed by atoms with Crippen LogP contribution in [0.3, 0.4) is 0 Å². The van der Waals surface area contributed by atoms with Crippen molar-refractivity contribution in [1.82, 2.24) is 5.32 Å². The molecule has 2 fully saturated rings. The largest absolute Gasteiger partial charge is 0.385 e. The minimum absolute atomic E-state index is 0.0706. The molecule has 2 aromatic rings. The number of rotatable bonds is 6. The van der Waals surface area contributed by atoms with E-state index in [0.29, 0.717) is 18.5 Å². The maximum absolute atomic E-state index is 13.4. The van der Waals surface area contributed by atoms with E-state index in [1.165, 1.54) is 18.2 Å². The second-order valence-electron chi connectivity index (χ2n) is 9.03. The van der Waals surface area contributed by atoms with E-state index in [1.807, 2.05) is 30.3 Å². The van der Waals surface area contributed by atoms with Crippen LogP contribution in [0.25, 0.3) is 0 Å². The number of halogens is 2. The third kappa shape index (κ3) is 4.61. The highest BCUT2D eigenvalue weighted by molar-refractivity contribution is 6.31. The molecule has 0 radical (unpaired) electrons. The second-order valence-corrected chi connectivity index (χ2v) is 9.44. The summed E-state index contributed by atoms with van der Waals surface area (Å²) in [5, 5.41) is 25.4. The van der Waals surface area contributed by atoms with Gasteiger partial charge >= 0.3 is 0 Å². The van der Waals surface area contributed by atoms with Crippen LogP contribution in [0.4, 0.5) is 10.1 Å². The van der Waals surface area contributed by atoms with Crippen LogP contribution in [0, 0.1) is 29.0 Å². The Balaban J connectivity index is 1.48. The summed E-state index contributed by atoms with van der Waals surface area (Å²) in [4.78, 5) is 13.0. The number of aliphatic hydroxyl groups is 1. The van der Waals surface area contributed by atoms with Crippen LogP contribution in [0.5, 0.6) is 0 Å². The van der Waals surface area contributed by atoms with Crippen LogP contribution in [0.15, 0.2) is 59.9 Å². The van der Waals surface area contributed by atoms with Gasteiger partial charge in [0, 0.05) is 18.7 Å². The molecule has 2 aliphatic rings. The third-order valence-electron chi connectivity index (χ3n) is 6.97. The Morgan fingerprint density at radius 3 is 2.39 bits per heavy atom. The first-order valence-electron chi connectivity index (χ1n) is 11.0. The lowest BCUT2D eigenvalue weighted by Gasteiger charge is -2.26. The van der Waals surface area contributed by atoms with Gasteiger partial charge in [-0.2, -0.15) is 0 Å². The molecule has 4 rings (SSSR count). The molecule has 6 nitrogen and oxygen atoms in total. The molecule has 2 saturated carbocycles. The molecule has 2 unspecified atom stereocenters. The summed E-state index contributed by atoms with van der Waals surface area (Å²) in [5.74, 6) is -0.616. The first kappa shape index (κ1) is 23.3. The van der Waals surface area contributed by atoms with Gasteiger partial charge in [-0.05, 0) is 61.3 Å². The topological polar surface area (TPSA) is 111 Å². The van der Waals surface area contributed by atoms with E-state index in [-0.39, 0.29) is 39.9 Å². The van der Waals surface area contributed by atoms with E-state index in [9.17, 15) is 14.3 Å². The van der Waals surface area contributed by atoms with Gasteiger partial charge in [0.25, 0.3) is 5.91 Å². The molecule has 8 heteroatoms. The number of amides is 1. The van der Waals surface area contributed by atoms with Crippen LogP contribution in [0.2, 0.25) is 5.02 Å². The molecular formula is C25H28ClFN4O2. The van der Waals surface area contributed by atoms with Crippen LogP contribution in [-0.4, -0.2) is 23.8 Å². The van der Waals surface area contributed by atoms with E-state index in [1.54, 1.807) is 7.05 Å². The number of carbonyl (C=O) groups is 1. The first-order valence-corrected chi connectivity index (χ1v) is 11.4. The van der Waals surface area contributed by atoms with Crippen LogP contribution >= 0.6 is 11.6 Å². The Labute approximate surface area is 197 Å². The van der Waals surface area contributed by atoms with E-state index in [4.69, 9.17) is 22.7 Å². The van der Waals surface area contributed by atoms with Gasteiger partial charge in [-0.3, -0.25) is 4.79 Å². The molecule has 0 spiro atoms. The fraction of sp³-hybridized carbons (Fsp3) is 0.360. The van der Waals surface area contributed by atoms with Gasteiger partial charge in [-0.15, -0.1) is 0 Å². The third-order valence-corrected chi connectivity index (χ3v) is 7.26. The monoisotopic (exact) mass is 470 g/mol. The van der Waals surface area contributed by atoms with Gasteiger partial charge < -0.3 is 26.9 Å². The molecule has 2 aliphatic carbocycles. The average Bonchev–Trinajstić information content (AvgIpc) is 3.32. The van der Waals surface area contributed by atoms with Crippen molar-refractivity contribution in [1.29, 1.82) is 5.41 Å². The van der Waals surface area contributed by atoms with Crippen molar-refractivity contribution in [3.63, 3.8) is 0 Å². The molecule has 1 amide bonds. The Kier molecular flexibility index (Phi) is 6.45. The standard InChI is InChI=1S/C25H28ClFN4O2/c1-30-23(29)21(24(32)31-18-7-8-20(27)19(26)11-18)22(28)14-9-15-12-25(33,13-16(15)10-14)17-5-3-2-4-6-17/h2-8,11,14-16,28,30,33H,9-10,12-13,29H2,1H3,(H,31,32)/b23-21+,28-22?. The van der Waals surface area contributed by atoms with Crippen LogP contribution < -0.4 is 16.4 Å². The molecule has 0 saturated heterocycles. The molecule has 2 atom stereocenters. The van der Waals surface area contributed by atoms with E-state index in [0.717, 1.165) is 18.4 Å². The molecule has 0 aromatic heterocycles. The van der Waals surface area contributed by atoms with Crippen molar-refractivity contribution < 1.29 is 14.3 Å². The van der Waals surface area contributed by atoms with Crippen molar-refractivity contribution in [2.45, 2.75) is 31.3 Å². The summed E-state index contributed by atoms with van der Waals surface area (Å²) < 4.78 is 13.4.